The molecule has 4 nitrogen and oxygen atoms in total. The molecule has 2 N–H and O–H groups in total. The van der Waals surface area contributed by atoms with Gasteiger partial charge in [-0.2, -0.15) is 0 Å². The molecule has 6 heteroatoms. The molecular formula is C14H17ClN2O2S. The number of likely N-dealkylation sites (tertiary alicyclic amines) is 1. The zero-order chi connectivity index (χ0) is 14.5. The zero-order valence-electron chi connectivity index (χ0n) is 11.0. The molecule has 1 aromatic rings. The number of benzene rings is 1. The molecule has 0 aliphatic carbocycles. The van der Waals surface area contributed by atoms with Gasteiger partial charge in [0.25, 0.3) is 0 Å². The van der Waals surface area contributed by atoms with Gasteiger partial charge in [0.2, 0.25) is 11.8 Å². The first-order valence-corrected chi connectivity index (χ1v) is 7.92. The van der Waals surface area contributed by atoms with Crippen LogP contribution in [-0.4, -0.2) is 35.1 Å². The number of carbonyl (C=O) groups is 2. The topological polar surface area (TPSA) is 63.4 Å². The number of nitrogens with zero attached hydrogens (tertiary/aromatic N) is 1. The summed E-state index contributed by atoms with van der Waals surface area (Å²) in [4.78, 5) is 26.1. The van der Waals surface area contributed by atoms with E-state index in [0.717, 1.165) is 17.7 Å². The first kappa shape index (κ1) is 15.2. The van der Waals surface area contributed by atoms with Gasteiger partial charge in [0.05, 0.1) is 10.8 Å². The van der Waals surface area contributed by atoms with Gasteiger partial charge in [0.1, 0.15) is 6.04 Å². The Balaban J connectivity index is 1.97. The fraction of sp³-hybridized carbons (Fsp3) is 0.429. The summed E-state index contributed by atoms with van der Waals surface area (Å²) >= 11 is 7.44. The van der Waals surface area contributed by atoms with Crippen molar-refractivity contribution in [2.45, 2.75) is 30.2 Å². The Hall–Kier alpha value is -1.20. The zero-order valence-corrected chi connectivity index (χ0v) is 12.6. The lowest BCUT2D eigenvalue weighted by Crippen LogP contribution is -2.51. The Morgan fingerprint density at radius 2 is 2.10 bits per heavy atom. The van der Waals surface area contributed by atoms with Gasteiger partial charge in [-0.05, 0) is 31.4 Å². The van der Waals surface area contributed by atoms with Crippen LogP contribution in [0.25, 0.3) is 0 Å². The Kier molecular flexibility index (Phi) is 5.31. The maximum absolute atomic E-state index is 12.3. The third kappa shape index (κ3) is 3.67. The number of hydrogen-bond acceptors (Lipinski definition) is 3. The van der Waals surface area contributed by atoms with E-state index in [1.165, 1.54) is 11.8 Å². The van der Waals surface area contributed by atoms with Crippen LogP contribution in [0.3, 0.4) is 0 Å². The van der Waals surface area contributed by atoms with Crippen molar-refractivity contribution in [3.8, 4) is 0 Å². The van der Waals surface area contributed by atoms with Crippen molar-refractivity contribution >= 4 is 35.2 Å². The van der Waals surface area contributed by atoms with Crippen molar-refractivity contribution in [3.05, 3.63) is 29.3 Å². The molecule has 0 saturated carbocycles. The summed E-state index contributed by atoms with van der Waals surface area (Å²) in [5.74, 6) is -0.202. The van der Waals surface area contributed by atoms with Crippen LogP contribution in [0.1, 0.15) is 19.3 Å². The number of primary amides is 1. The summed E-state index contributed by atoms with van der Waals surface area (Å²) in [6.07, 6.45) is 2.53. The average molecular weight is 313 g/mol. The predicted octanol–water partition coefficient (Wildman–Crippen LogP) is 2.30. The van der Waals surface area contributed by atoms with Gasteiger partial charge in [-0.25, -0.2) is 0 Å². The van der Waals surface area contributed by atoms with Gasteiger partial charge in [-0.3, -0.25) is 9.59 Å². The molecule has 2 amide bonds. The van der Waals surface area contributed by atoms with Crippen LogP contribution in [0.15, 0.2) is 29.2 Å². The van der Waals surface area contributed by atoms with E-state index in [1.807, 2.05) is 18.2 Å². The molecule has 1 aliphatic rings. The molecule has 20 heavy (non-hydrogen) atoms. The summed E-state index contributed by atoms with van der Waals surface area (Å²) < 4.78 is 0. The first-order valence-electron chi connectivity index (χ1n) is 6.55. The van der Waals surface area contributed by atoms with Gasteiger partial charge in [-0.15, -0.1) is 11.8 Å². The number of halogens is 1. The monoisotopic (exact) mass is 312 g/mol. The quantitative estimate of drug-likeness (QED) is 0.868. The average Bonchev–Trinajstić information content (AvgIpc) is 2.46. The molecule has 1 heterocycles. The Labute approximate surface area is 127 Å². The first-order chi connectivity index (χ1) is 9.59. The molecule has 108 valence electrons. The van der Waals surface area contributed by atoms with E-state index in [0.29, 0.717) is 18.0 Å². The highest BCUT2D eigenvalue weighted by molar-refractivity contribution is 8.00. The maximum Gasteiger partial charge on any atom is 0.240 e. The van der Waals surface area contributed by atoms with Gasteiger partial charge < -0.3 is 10.6 Å². The summed E-state index contributed by atoms with van der Waals surface area (Å²) in [7, 11) is 0. The number of amides is 2. The molecule has 2 rings (SSSR count). The van der Waals surface area contributed by atoms with Crippen molar-refractivity contribution in [2.24, 2.45) is 5.73 Å². The van der Waals surface area contributed by atoms with Crippen molar-refractivity contribution < 1.29 is 9.59 Å². The van der Waals surface area contributed by atoms with Crippen molar-refractivity contribution in [2.75, 3.05) is 12.3 Å². The molecule has 1 aliphatic heterocycles. The van der Waals surface area contributed by atoms with Crippen LogP contribution in [-0.2, 0) is 9.59 Å². The van der Waals surface area contributed by atoms with Crippen LogP contribution in [0.4, 0.5) is 0 Å². The lowest BCUT2D eigenvalue weighted by Gasteiger charge is -2.33. The normalized spacial score (nSPS) is 18.9. The number of thioether (sulfide) groups is 1. The summed E-state index contributed by atoms with van der Waals surface area (Å²) in [5, 5.41) is 0.635. The minimum absolute atomic E-state index is 0.0570. The standard InChI is InChI=1S/C14H17ClN2O2S/c15-10-5-1-2-7-12(10)20-9-13(18)17-8-4-3-6-11(17)14(16)19/h1-2,5,7,11H,3-4,6,8-9H2,(H2,16,19). The SMILES string of the molecule is NC(=O)C1CCCCN1C(=O)CSc1ccccc1Cl. The van der Waals surface area contributed by atoms with Crippen molar-refractivity contribution in [1.82, 2.24) is 4.90 Å². The maximum atomic E-state index is 12.3. The molecule has 1 saturated heterocycles. The molecule has 1 unspecified atom stereocenters. The van der Waals surface area contributed by atoms with Gasteiger partial charge >= 0.3 is 0 Å². The molecule has 0 aromatic heterocycles. The van der Waals surface area contributed by atoms with E-state index in [-0.39, 0.29) is 11.7 Å². The van der Waals surface area contributed by atoms with Crippen molar-refractivity contribution in [3.63, 3.8) is 0 Å². The van der Waals surface area contributed by atoms with E-state index >= 15 is 0 Å². The highest BCUT2D eigenvalue weighted by Crippen LogP contribution is 2.27. The van der Waals surface area contributed by atoms with Gasteiger partial charge in [0.15, 0.2) is 0 Å². The number of carbonyl (C=O) groups excluding carboxylic acids is 2. The highest BCUT2D eigenvalue weighted by Gasteiger charge is 2.30. The second kappa shape index (κ2) is 6.99. The van der Waals surface area contributed by atoms with E-state index in [9.17, 15) is 9.59 Å². The Morgan fingerprint density at radius 3 is 2.80 bits per heavy atom. The number of rotatable bonds is 4. The fourth-order valence-electron chi connectivity index (χ4n) is 2.31. The minimum Gasteiger partial charge on any atom is -0.368 e. The van der Waals surface area contributed by atoms with Crippen LogP contribution in [0, 0.1) is 0 Å². The van der Waals surface area contributed by atoms with Gasteiger partial charge in [0, 0.05) is 11.4 Å². The van der Waals surface area contributed by atoms with Crippen molar-refractivity contribution in [1.29, 1.82) is 0 Å². The van der Waals surface area contributed by atoms with E-state index in [4.69, 9.17) is 17.3 Å². The molecule has 0 bridgehead atoms. The third-order valence-corrected chi connectivity index (χ3v) is 4.84. The lowest BCUT2D eigenvalue weighted by molar-refractivity contribution is -0.138. The predicted molar refractivity (Wildman–Crippen MR) is 80.7 cm³/mol. The number of nitrogens with two attached hydrogens (primary N) is 1. The molecule has 0 spiro atoms. The molecule has 1 aromatic carbocycles. The van der Waals surface area contributed by atoms with Crippen LogP contribution < -0.4 is 5.73 Å². The molecule has 1 atom stereocenters. The van der Waals surface area contributed by atoms with Crippen LogP contribution >= 0.6 is 23.4 Å². The number of hydrogen-bond donors (Lipinski definition) is 1. The Bertz CT molecular complexity index is 510. The number of piperidine rings is 1. The minimum atomic E-state index is -0.455. The van der Waals surface area contributed by atoms with E-state index in [2.05, 4.69) is 0 Å². The molecule has 1 fully saturated rings. The second-order valence-corrected chi connectivity index (χ2v) is 6.14. The largest absolute Gasteiger partial charge is 0.368 e. The summed E-state index contributed by atoms with van der Waals surface area (Å²) in [6.45, 7) is 0.607. The highest BCUT2D eigenvalue weighted by atomic mass is 35.5. The second-order valence-electron chi connectivity index (χ2n) is 4.72. The molecule has 0 radical (unpaired) electrons. The third-order valence-electron chi connectivity index (χ3n) is 3.34. The Morgan fingerprint density at radius 1 is 1.35 bits per heavy atom. The van der Waals surface area contributed by atoms with E-state index < -0.39 is 11.9 Å². The fourth-order valence-corrected chi connectivity index (χ4v) is 3.43. The van der Waals surface area contributed by atoms with Gasteiger partial charge in [-0.1, -0.05) is 23.7 Å². The summed E-state index contributed by atoms with van der Waals surface area (Å²) in [6, 6.07) is 6.94. The smallest absolute Gasteiger partial charge is 0.240 e. The van der Waals surface area contributed by atoms with E-state index in [1.54, 1.807) is 11.0 Å². The van der Waals surface area contributed by atoms with Crippen LogP contribution in [0.2, 0.25) is 5.02 Å². The lowest BCUT2D eigenvalue weighted by atomic mass is 10.0. The summed E-state index contributed by atoms with van der Waals surface area (Å²) in [5.41, 5.74) is 5.37. The molecular weight excluding hydrogens is 296 g/mol. The van der Waals surface area contributed by atoms with Crippen LogP contribution in [0.5, 0.6) is 0 Å².